The molecule has 0 fully saturated rings. The van der Waals surface area contributed by atoms with E-state index in [4.69, 9.17) is 33.0 Å². The average Bonchev–Trinajstić information content (AvgIpc) is 2.40. The van der Waals surface area contributed by atoms with Crippen LogP contribution in [0.2, 0.25) is 10.0 Å². The summed E-state index contributed by atoms with van der Waals surface area (Å²) in [6.45, 7) is 5.95. The van der Waals surface area contributed by atoms with Crippen molar-refractivity contribution in [1.82, 2.24) is 4.90 Å². The topological polar surface area (TPSA) is 49.8 Å². The Morgan fingerprint density at radius 2 is 2.00 bits per heavy atom. The van der Waals surface area contributed by atoms with Crippen LogP contribution in [0, 0.1) is 5.92 Å². The lowest BCUT2D eigenvalue weighted by molar-refractivity contribution is -0.141. The van der Waals surface area contributed by atoms with Gasteiger partial charge in [0.2, 0.25) is 0 Å². The van der Waals surface area contributed by atoms with Crippen LogP contribution in [0.3, 0.4) is 0 Å². The third-order valence-electron chi connectivity index (χ3n) is 2.97. The number of benzene rings is 1. The van der Waals surface area contributed by atoms with Gasteiger partial charge in [0.1, 0.15) is 6.61 Å². The fourth-order valence-electron chi connectivity index (χ4n) is 1.74. The van der Waals surface area contributed by atoms with Crippen LogP contribution in [-0.4, -0.2) is 42.2 Å². The molecule has 1 aromatic rings. The number of para-hydroxylation sites is 1. The molecule has 0 aliphatic heterocycles. The summed E-state index contributed by atoms with van der Waals surface area (Å²) in [6.07, 6.45) is 0. The van der Waals surface area contributed by atoms with Crippen molar-refractivity contribution in [1.29, 1.82) is 0 Å². The molecule has 0 amide bonds. The third kappa shape index (κ3) is 5.19. The predicted molar refractivity (Wildman–Crippen MR) is 80.9 cm³/mol. The maximum atomic E-state index is 10.8. The van der Waals surface area contributed by atoms with Gasteiger partial charge < -0.3 is 9.84 Å². The second kappa shape index (κ2) is 8.35. The van der Waals surface area contributed by atoms with E-state index < -0.39 is 11.9 Å². The van der Waals surface area contributed by atoms with E-state index in [1.165, 1.54) is 0 Å². The summed E-state index contributed by atoms with van der Waals surface area (Å²) in [5.41, 5.74) is 0. The number of rotatable bonds is 8. The second-order valence-corrected chi connectivity index (χ2v) is 5.35. The first-order valence-corrected chi connectivity index (χ1v) is 7.23. The molecule has 0 aliphatic rings. The summed E-state index contributed by atoms with van der Waals surface area (Å²) in [6, 6.07) is 5.18. The third-order valence-corrected chi connectivity index (χ3v) is 3.57. The molecule has 0 radical (unpaired) electrons. The van der Waals surface area contributed by atoms with Gasteiger partial charge in [0.15, 0.2) is 5.75 Å². The lowest BCUT2D eigenvalue weighted by atomic mass is 10.2. The van der Waals surface area contributed by atoms with E-state index >= 15 is 0 Å². The second-order valence-electron chi connectivity index (χ2n) is 4.53. The quantitative estimate of drug-likeness (QED) is 0.797. The number of carboxylic acids is 1. The Kier molecular flexibility index (Phi) is 7.13. The highest BCUT2D eigenvalue weighted by Gasteiger charge is 2.15. The van der Waals surface area contributed by atoms with Crippen molar-refractivity contribution >= 4 is 29.2 Å². The Balaban J connectivity index is 2.47. The van der Waals surface area contributed by atoms with Gasteiger partial charge in [-0.3, -0.25) is 9.69 Å². The van der Waals surface area contributed by atoms with E-state index in [1.807, 2.05) is 11.8 Å². The molecular formula is C14H19Cl2NO3. The van der Waals surface area contributed by atoms with Crippen molar-refractivity contribution < 1.29 is 14.6 Å². The number of hydrogen-bond donors (Lipinski definition) is 1. The molecule has 0 heterocycles. The van der Waals surface area contributed by atoms with Gasteiger partial charge in [0.05, 0.1) is 16.0 Å². The Bertz CT molecular complexity index is 434. The van der Waals surface area contributed by atoms with Gasteiger partial charge in [0, 0.05) is 13.1 Å². The van der Waals surface area contributed by atoms with Crippen LogP contribution in [-0.2, 0) is 4.79 Å². The first kappa shape index (κ1) is 17.1. The van der Waals surface area contributed by atoms with Crippen LogP contribution in [0.25, 0.3) is 0 Å². The summed E-state index contributed by atoms with van der Waals surface area (Å²) in [5, 5.41) is 9.85. The van der Waals surface area contributed by atoms with E-state index in [1.54, 1.807) is 25.1 Å². The summed E-state index contributed by atoms with van der Waals surface area (Å²) in [4.78, 5) is 12.9. The van der Waals surface area contributed by atoms with E-state index in [2.05, 4.69) is 0 Å². The zero-order valence-corrected chi connectivity index (χ0v) is 13.1. The average molecular weight is 320 g/mol. The summed E-state index contributed by atoms with van der Waals surface area (Å²) in [5.74, 6) is -0.726. The number of carboxylic acid groups (broad SMARTS) is 1. The van der Waals surface area contributed by atoms with Gasteiger partial charge in [-0.2, -0.15) is 0 Å². The molecule has 20 heavy (non-hydrogen) atoms. The number of likely N-dealkylation sites (N-methyl/N-ethyl adjacent to an activating group) is 1. The molecule has 0 spiro atoms. The number of aliphatic carboxylic acids is 1. The van der Waals surface area contributed by atoms with Crippen molar-refractivity contribution in [2.24, 2.45) is 5.92 Å². The Morgan fingerprint density at radius 3 is 2.50 bits per heavy atom. The molecule has 1 rings (SSSR count). The lowest BCUT2D eigenvalue weighted by Crippen LogP contribution is -2.34. The van der Waals surface area contributed by atoms with E-state index in [-0.39, 0.29) is 0 Å². The standard InChI is InChI=1S/C14H19Cl2NO3/c1-3-17(9-10(2)14(18)19)7-8-20-13-11(15)5-4-6-12(13)16/h4-6,10H,3,7-9H2,1-2H3,(H,18,19). The minimum absolute atomic E-state index is 0.404. The Labute approximate surface area is 129 Å². The predicted octanol–water partition coefficient (Wildman–Crippen LogP) is 3.41. The molecule has 4 nitrogen and oxygen atoms in total. The highest BCUT2D eigenvalue weighted by Crippen LogP contribution is 2.32. The van der Waals surface area contributed by atoms with Crippen LogP contribution in [0.5, 0.6) is 5.75 Å². The zero-order chi connectivity index (χ0) is 15.1. The van der Waals surface area contributed by atoms with Crippen LogP contribution >= 0.6 is 23.2 Å². The Hall–Kier alpha value is -0.970. The molecule has 1 unspecified atom stereocenters. The van der Waals surface area contributed by atoms with E-state index in [0.29, 0.717) is 35.5 Å². The summed E-state index contributed by atoms with van der Waals surface area (Å²) in [7, 11) is 0. The molecule has 1 atom stereocenters. The SMILES string of the molecule is CCN(CCOc1c(Cl)cccc1Cl)CC(C)C(=O)O. The molecule has 6 heteroatoms. The van der Waals surface area contributed by atoms with Gasteiger partial charge in [-0.15, -0.1) is 0 Å². The summed E-state index contributed by atoms with van der Waals surface area (Å²) >= 11 is 12.0. The van der Waals surface area contributed by atoms with Gasteiger partial charge in [-0.1, -0.05) is 43.1 Å². The Morgan fingerprint density at radius 1 is 1.40 bits per heavy atom. The largest absolute Gasteiger partial charge is 0.489 e. The van der Waals surface area contributed by atoms with Crippen molar-refractivity contribution in [3.63, 3.8) is 0 Å². The monoisotopic (exact) mass is 319 g/mol. The number of halogens is 2. The first-order chi connectivity index (χ1) is 9.45. The minimum atomic E-state index is -0.793. The van der Waals surface area contributed by atoms with E-state index in [0.717, 1.165) is 6.54 Å². The maximum absolute atomic E-state index is 10.8. The molecule has 0 saturated carbocycles. The first-order valence-electron chi connectivity index (χ1n) is 6.47. The minimum Gasteiger partial charge on any atom is -0.489 e. The molecule has 0 saturated heterocycles. The van der Waals surface area contributed by atoms with Gasteiger partial charge in [0.25, 0.3) is 0 Å². The highest BCUT2D eigenvalue weighted by molar-refractivity contribution is 6.37. The fourth-order valence-corrected chi connectivity index (χ4v) is 2.25. The maximum Gasteiger partial charge on any atom is 0.307 e. The zero-order valence-electron chi connectivity index (χ0n) is 11.6. The van der Waals surface area contributed by atoms with Crippen molar-refractivity contribution in [2.45, 2.75) is 13.8 Å². The molecule has 112 valence electrons. The molecule has 1 N–H and O–H groups in total. The molecule has 1 aromatic carbocycles. The number of ether oxygens (including phenoxy) is 1. The number of hydrogen-bond acceptors (Lipinski definition) is 3. The molecule has 0 bridgehead atoms. The van der Waals surface area contributed by atoms with Gasteiger partial charge in [-0.25, -0.2) is 0 Å². The smallest absolute Gasteiger partial charge is 0.307 e. The lowest BCUT2D eigenvalue weighted by Gasteiger charge is -2.22. The normalized spacial score (nSPS) is 12.4. The van der Waals surface area contributed by atoms with Crippen molar-refractivity contribution in [3.05, 3.63) is 28.2 Å². The van der Waals surface area contributed by atoms with Crippen LogP contribution < -0.4 is 4.74 Å². The van der Waals surface area contributed by atoms with Gasteiger partial charge in [-0.05, 0) is 18.7 Å². The van der Waals surface area contributed by atoms with Crippen molar-refractivity contribution in [2.75, 3.05) is 26.2 Å². The number of nitrogens with zero attached hydrogens (tertiary/aromatic N) is 1. The summed E-state index contributed by atoms with van der Waals surface area (Å²) < 4.78 is 5.59. The highest BCUT2D eigenvalue weighted by atomic mass is 35.5. The van der Waals surface area contributed by atoms with Crippen LogP contribution in [0.4, 0.5) is 0 Å². The molecular weight excluding hydrogens is 301 g/mol. The van der Waals surface area contributed by atoms with Gasteiger partial charge >= 0.3 is 5.97 Å². The van der Waals surface area contributed by atoms with Crippen molar-refractivity contribution in [3.8, 4) is 5.75 Å². The fraction of sp³-hybridized carbons (Fsp3) is 0.500. The molecule has 0 aliphatic carbocycles. The van der Waals surface area contributed by atoms with E-state index in [9.17, 15) is 4.79 Å². The van der Waals surface area contributed by atoms with Crippen LogP contribution in [0.1, 0.15) is 13.8 Å². The van der Waals surface area contributed by atoms with Crippen LogP contribution in [0.15, 0.2) is 18.2 Å². The number of carbonyl (C=O) groups is 1. The molecule has 0 aromatic heterocycles.